The van der Waals surface area contributed by atoms with Crippen molar-refractivity contribution in [3.05, 3.63) is 28.2 Å². The lowest BCUT2D eigenvalue weighted by molar-refractivity contribution is 0.0910. The van der Waals surface area contributed by atoms with Gasteiger partial charge in [0.05, 0.1) is 5.56 Å². The molecule has 0 spiro atoms. The molecule has 1 atom stereocenters. The van der Waals surface area contributed by atoms with Crippen LogP contribution in [0.4, 0.5) is 5.69 Å². The van der Waals surface area contributed by atoms with Crippen LogP contribution in [0.25, 0.3) is 0 Å². The SMILES string of the molecule is CC(NC(=O)c1ccc(Br)cc1N)C1CCC1. The third-order valence-electron chi connectivity index (χ3n) is 3.47. The molecule has 3 N–H and O–H groups in total. The monoisotopic (exact) mass is 296 g/mol. The van der Waals surface area contributed by atoms with E-state index in [1.807, 2.05) is 6.07 Å². The van der Waals surface area contributed by atoms with E-state index >= 15 is 0 Å². The average molecular weight is 297 g/mol. The van der Waals surface area contributed by atoms with Gasteiger partial charge < -0.3 is 11.1 Å². The highest BCUT2D eigenvalue weighted by molar-refractivity contribution is 9.10. The number of anilines is 1. The standard InChI is InChI=1S/C13H17BrN2O/c1-8(9-3-2-4-9)16-13(17)11-6-5-10(14)7-12(11)15/h5-9H,2-4,15H2,1H3,(H,16,17). The number of carbonyl (C=O) groups is 1. The van der Waals surface area contributed by atoms with E-state index in [0.29, 0.717) is 17.2 Å². The maximum absolute atomic E-state index is 12.0. The summed E-state index contributed by atoms with van der Waals surface area (Å²) in [6.07, 6.45) is 3.72. The molecule has 0 radical (unpaired) electrons. The molecule has 0 aromatic heterocycles. The van der Waals surface area contributed by atoms with Gasteiger partial charge in [-0.05, 0) is 43.9 Å². The molecule has 0 aliphatic heterocycles. The second kappa shape index (κ2) is 5.08. The largest absolute Gasteiger partial charge is 0.398 e. The smallest absolute Gasteiger partial charge is 0.253 e. The minimum absolute atomic E-state index is 0.0746. The Kier molecular flexibility index (Phi) is 3.72. The van der Waals surface area contributed by atoms with Crippen molar-refractivity contribution in [1.82, 2.24) is 5.32 Å². The van der Waals surface area contributed by atoms with Crippen molar-refractivity contribution in [3.8, 4) is 0 Å². The zero-order valence-corrected chi connectivity index (χ0v) is 11.5. The molecule has 1 aliphatic rings. The highest BCUT2D eigenvalue weighted by Gasteiger charge is 2.25. The van der Waals surface area contributed by atoms with Crippen molar-refractivity contribution in [2.75, 3.05) is 5.73 Å². The summed E-state index contributed by atoms with van der Waals surface area (Å²) in [5.41, 5.74) is 6.90. The first-order chi connectivity index (χ1) is 8.08. The number of hydrogen-bond acceptors (Lipinski definition) is 2. The number of nitrogens with two attached hydrogens (primary N) is 1. The van der Waals surface area contributed by atoms with E-state index < -0.39 is 0 Å². The molecule has 3 nitrogen and oxygen atoms in total. The number of amides is 1. The molecule has 0 saturated heterocycles. The molecule has 17 heavy (non-hydrogen) atoms. The van der Waals surface area contributed by atoms with E-state index in [0.717, 1.165) is 4.47 Å². The Morgan fingerprint density at radius 2 is 2.24 bits per heavy atom. The van der Waals surface area contributed by atoms with Crippen LogP contribution in [0.5, 0.6) is 0 Å². The molecule has 0 bridgehead atoms. The van der Waals surface area contributed by atoms with Gasteiger partial charge >= 0.3 is 0 Å². The zero-order chi connectivity index (χ0) is 12.4. The Balaban J connectivity index is 2.03. The Labute approximate surface area is 110 Å². The van der Waals surface area contributed by atoms with Crippen molar-refractivity contribution in [2.45, 2.75) is 32.2 Å². The first-order valence-electron chi connectivity index (χ1n) is 5.94. The van der Waals surface area contributed by atoms with Gasteiger partial charge in [-0.1, -0.05) is 22.4 Å². The first kappa shape index (κ1) is 12.4. The lowest BCUT2D eigenvalue weighted by Crippen LogP contribution is -2.40. The molecule has 1 amide bonds. The minimum Gasteiger partial charge on any atom is -0.398 e. The van der Waals surface area contributed by atoms with E-state index in [2.05, 4.69) is 28.2 Å². The van der Waals surface area contributed by atoms with Gasteiger partial charge in [0, 0.05) is 16.2 Å². The van der Waals surface area contributed by atoms with Gasteiger partial charge in [-0.2, -0.15) is 0 Å². The number of rotatable bonds is 3. The van der Waals surface area contributed by atoms with Crippen molar-refractivity contribution in [3.63, 3.8) is 0 Å². The summed E-state index contributed by atoms with van der Waals surface area (Å²) in [6.45, 7) is 2.07. The third-order valence-corrected chi connectivity index (χ3v) is 3.97. The molecule has 92 valence electrons. The van der Waals surface area contributed by atoms with Gasteiger partial charge in [-0.25, -0.2) is 0 Å². The highest BCUT2D eigenvalue weighted by atomic mass is 79.9. The summed E-state index contributed by atoms with van der Waals surface area (Å²) < 4.78 is 0.888. The van der Waals surface area contributed by atoms with Gasteiger partial charge in [-0.15, -0.1) is 0 Å². The van der Waals surface area contributed by atoms with E-state index in [4.69, 9.17) is 5.73 Å². The number of nitrogen functional groups attached to an aromatic ring is 1. The summed E-state index contributed by atoms with van der Waals surface area (Å²) >= 11 is 3.33. The number of carbonyl (C=O) groups excluding carboxylic acids is 1. The molecule has 1 aliphatic carbocycles. The minimum atomic E-state index is -0.0746. The molecule has 1 saturated carbocycles. The normalized spacial score (nSPS) is 17.3. The van der Waals surface area contributed by atoms with Gasteiger partial charge in [0.1, 0.15) is 0 Å². The fourth-order valence-electron chi connectivity index (χ4n) is 2.08. The second-order valence-corrected chi connectivity index (χ2v) is 5.60. The molecule has 4 heteroatoms. The van der Waals surface area contributed by atoms with Gasteiger partial charge in [0.15, 0.2) is 0 Å². The van der Waals surface area contributed by atoms with Crippen LogP contribution in [-0.2, 0) is 0 Å². The molecule has 0 heterocycles. The van der Waals surface area contributed by atoms with Gasteiger partial charge in [0.2, 0.25) is 0 Å². The fourth-order valence-corrected chi connectivity index (χ4v) is 2.46. The van der Waals surface area contributed by atoms with E-state index in [1.54, 1.807) is 12.1 Å². The topological polar surface area (TPSA) is 55.1 Å². The van der Waals surface area contributed by atoms with Crippen LogP contribution >= 0.6 is 15.9 Å². The number of nitrogens with one attached hydrogen (secondary N) is 1. The van der Waals surface area contributed by atoms with Crippen LogP contribution in [0.2, 0.25) is 0 Å². The predicted molar refractivity (Wildman–Crippen MR) is 72.8 cm³/mol. The molecule has 1 aromatic carbocycles. The lowest BCUT2D eigenvalue weighted by Gasteiger charge is -2.31. The molecular weight excluding hydrogens is 280 g/mol. The number of benzene rings is 1. The van der Waals surface area contributed by atoms with Crippen molar-refractivity contribution >= 4 is 27.5 Å². The van der Waals surface area contributed by atoms with Gasteiger partial charge in [0.25, 0.3) is 5.91 Å². The van der Waals surface area contributed by atoms with Crippen LogP contribution in [0.3, 0.4) is 0 Å². The number of halogens is 1. The van der Waals surface area contributed by atoms with Crippen molar-refractivity contribution in [1.29, 1.82) is 0 Å². The van der Waals surface area contributed by atoms with E-state index in [-0.39, 0.29) is 11.9 Å². The second-order valence-electron chi connectivity index (χ2n) is 4.68. The van der Waals surface area contributed by atoms with Crippen molar-refractivity contribution in [2.24, 2.45) is 5.92 Å². The van der Waals surface area contributed by atoms with Gasteiger partial charge in [-0.3, -0.25) is 4.79 Å². The molecule has 1 unspecified atom stereocenters. The highest BCUT2D eigenvalue weighted by Crippen LogP contribution is 2.29. The van der Waals surface area contributed by atoms with Crippen molar-refractivity contribution < 1.29 is 4.79 Å². The summed E-state index contributed by atoms with van der Waals surface area (Å²) in [4.78, 5) is 12.0. The van der Waals surface area contributed by atoms with Crippen LogP contribution in [0.15, 0.2) is 22.7 Å². The lowest BCUT2D eigenvalue weighted by atomic mass is 9.80. The summed E-state index contributed by atoms with van der Waals surface area (Å²) in [7, 11) is 0. The maximum Gasteiger partial charge on any atom is 0.253 e. The van der Waals surface area contributed by atoms with Crippen LogP contribution < -0.4 is 11.1 Å². The summed E-state index contributed by atoms with van der Waals surface area (Å²) in [5.74, 6) is 0.560. The summed E-state index contributed by atoms with van der Waals surface area (Å²) in [5, 5.41) is 3.02. The summed E-state index contributed by atoms with van der Waals surface area (Å²) in [6, 6.07) is 5.57. The van der Waals surface area contributed by atoms with E-state index in [1.165, 1.54) is 19.3 Å². The Morgan fingerprint density at radius 1 is 1.53 bits per heavy atom. The zero-order valence-electron chi connectivity index (χ0n) is 9.87. The Morgan fingerprint density at radius 3 is 2.76 bits per heavy atom. The number of hydrogen-bond donors (Lipinski definition) is 2. The Bertz CT molecular complexity index is 429. The molecule has 1 aromatic rings. The first-order valence-corrected chi connectivity index (χ1v) is 6.73. The van der Waals surface area contributed by atoms with E-state index in [9.17, 15) is 4.79 Å². The van der Waals surface area contributed by atoms with Crippen LogP contribution in [0.1, 0.15) is 36.5 Å². The molecule has 2 rings (SSSR count). The average Bonchev–Trinajstić information content (AvgIpc) is 2.13. The maximum atomic E-state index is 12.0. The van der Waals surface area contributed by atoms with Crippen LogP contribution in [-0.4, -0.2) is 11.9 Å². The fraction of sp³-hybridized carbons (Fsp3) is 0.462. The molecule has 1 fully saturated rings. The molecular formula is C13H17BrN2O. The predicted octanol–water partition coefficient (Wildman–Crippen LogP) is 2.95. The Hall–Kier alpha value is -1.03. The third kappa shape index (κ3) is 2.80. The van der Waals surface area contributed by atoms with Crippen LogP contribution in [0, 0.1) is 5.92 Å². The quantitative estimate of drug-likeness (QED) is 0.843.